The van der Waals surface area contributed by atoms with E-state index < -0.39 is 8.07 Å². The van der Waals surface area contributed by atoms with Gasteiger partial charge in [0, 0.05) is 12.6 Å². The molecule has 0 unspecified atom stereocenters. The van der Waals surface area contributed by atoms with Gasteiger partial charge in [-0.25, -0.2) is 0 Å². The quantitative estimate of drug-likeness (QED) is 0.562. The first-order valence-corrected chi connectivity index (χ1v) is 11.2. The monoisotopic (exact) mass is 287 g/mol. The van der Waals surface area contributed by atoms with Gasteiger partial charge >= 0.3 is 0 Å². The van der Waals surface area contributed by atoms with E-state index in [0.29, 0.717) is 12.0 Å². The van der Waals surface area contributed by atoms with Gasteiger partial charge in [-0.2, -0.15) is 0 Å². The molecule has 2 atom stereocenters. The van der Waals surface area contributed by atoms with Crippen molar-refractivity contribution in [2.75, 3.05) is 0 Å². The van der Waals surface area contributed by atoms with Gasteiger partial charge in [-0.1, -0.05) is 69.5 Å². The van der Waals surface area contributed by atoms with Crippen molar-refractivity contribution in [3.05, 3.63) is 53.4 Å². The molecule has 0 aliphatic heterocycles. The zero-order chi connectivity index (χ0) is 15.0. The van der Waals surface area contributed by atoms with Gasteiger partial charge in [-0.05, 0) is 24.0 Å². The number of benzene rings is 1. The fourth-order valence-electron chi connectivity index (χ4n) is 2.11. The van der Waals surface area contributed by atoms with E-state index in [1.165, 1.54) is 5.56 Å². The van der Waals surface area contributed by atoms with Crippen LogP contribution in [0.4, 0.5) is 0 Å². The fraction of sp³-hybridized carbons (Fsp3) is 0.500. The van der Waals surface area contributed by atoms with Crippen molar-refractivity contribution in [1.29, 1.82) is 0 Å². The molecule has 0 saturated heterocycles. The maximum atomic E-state index is 3.66. The Kier molecular flexibility index (Phi) is 7.01. The van der Waals surface area contributed by atoms with Crippen molar-refractivity contribution < 1.29 is 0 Å². The maximum absolute atomic E-state index is 3.66. The molecular weight excluding hydrogens is 258 g/mol. The summed E-state index contributed by atoms with van der Waals surface area (Å²) in [5, 5.41) is 3.66. The van der Waals surface area contributed by atoms with E-state index in [2.05, 4.69) is 86.6 Å². The van der Waals surface area contributed by atoms with Gasteiger partial charge < -0.3 is 5.32 Å². The molecule has 0 fully saturated rings. The Bertz CT molecular complexity index is 438. The summed E-state index contributed by atoms with van der Waals surface area (Å²) in [5.74, 6) is 0.510. The molecule has 0 amide bonds. The molecular formula is C18H29NSi. The molecule has 0 aliphatic carbocycles. The lowest BCUT2D eigenvalue weighted by Crippen LogP contribution is -2.33. The summed E-state index contributed by atoms with van der Waals surface area (Å²) in [6.07, 6.45) is 3.36. The normalized spacial score (nSPS) is 14.2. The highest BCUT2D eigenvalue weighted by Crippen LogP contribution is 2.10. The number of hydrogen-bond donors (Lipinski definition) is 1. The number of nitrogens with one attached hydrogen (secondary N) is 1. The smallest absolute Gasteiger partial charge is 0.0781 e. The Hall–Kier alpha value is -1.08. The van der Waals surface area contributed by atoms with Crippen molar-refractivity contribution in [3.8, 4) is 0 Å². The molecule has 0 spiro atoms. The molecule has 2 heteroatoms. The lowest BCUT2D eigenvalue weighted by atomic mass is 9.99. The lowest BCUT2D eigenvalue weighted by molar-refractivity contribution is 0.416. The third-order valence-electron chi connectivity index (χ3n) is 3.36. The van der Waals surface area contributed by atoms with Gasteiger partial charge in [-0.3, -0.25) is 0 Å². The highest BCUT2D eigenvalue weighted by atomic mass is 28.3. The van der Waals surface area contributed by atoms with E-state index in [0.717, 1.165) is 13.0 Å². The van der Waals surface area contributed by atoms with Crippen molar-refractivity contribution in [1.82, 2.24) is 5.32 Å². The van der Waals surface area contributed by atoms with Crippen LogP contribution >= 0.6 is 0 Å². The van der Waals surface area contributed by atoms with E-state index in [-0.39, 0.29) is 0 Å². The summed E-state index contributed by atoms with van der Waals surface area (Å²) in [7, 11) is -1.13. The van der Waals surface area contributed by atoms with Gasteiger partial charge in [0.1, 0.15) is 0 Å². The van der Waals surface area contributed by atoms with Crippen LogP contribution in [0.1, 0.15) is 25.8 Å². The predicted molar refractivity (Wildman–Crippen MR) is 92.5 cm³/mol. The fourth-order valence-corrected chi connectivity index (χ4v) is 2.71. The van der Waals surface area contributed by atoms with Crippen LogP contribution in [-0.2, 0) is 6.54 Å². The summed E-state index contributed by atoms with van der Waals surface area (Å²) < 4.78 is 0. The summed E-state index contributed by atoms with van der Waals surface area (Å²) in [6, 6.07) is 11.1. The summed E-state index contributed by atoms with van der Waals surface area (Å²) in [4.78, 5) is 0. The minimum atomic E-state index is -1.13. The molecule has 0 radical (unpaired) electrons. The van der Waals surface area contributed by atoms with Crippen LogP contribution < -0.4 is 5.32 Å². The second kappa shape index (κ2) is 8.26. The molecule has 1 aromatic rings. The zero-order valence-corrected chi connectivity index (χ0v) is 14.6. The largest absolute Gasteiger partial charge is 0.309 e. The average molecular weight is 288 g/mol. The first-order valence-electron chi connectivity index (χ1n) is 7.63. The predicted octanol–water partition coefficient (Wildman–Crippen LogP) is 4.78. The number of hydrogen-bond acceptors (Lipinski definition) is 1. The van der Waals surface area contributed by atoms with Gasteiger partial charge in [0.05, 0.1) is 8.07 Å². The zero-order valence-electron chi connectivity index (χ0n) is 13.6. The second-order valence-electron chi connectivity index (χ2n) is 6.58. The molecule has 1 N–H and O–H groups in total. The van der Waals surface area contributed by atoms with E-state index in [1.807, 2.05) is 0 Å². The van der Waals surface area contributed by atoms with Gasteiger partial charge in [0.15, 0.2) is 0 Å². The van der Waals surface area contributed by atoms with E-state index in [1.54, 1.807) is 0 Å². The Balaban J connectivity index is 2.55. The first-order chi connectivity index (χ1) is 9.42. The average Bonchev–Trinajstić information content (AvgIpc) is 2.39. The van der Waals surface area contributed by atoms with E-state index >= 15 is 0 Å². The SMILES string of the molecule is CC[C@H](NCc1ccccc1)[C@@H](C)C=C=C[Si](C)(C)C. The van der Waals surface area contributed by atoms with Crippen molar-refractivity contribution in [2.24, 2.45) is 5.92 Å². The maximum Gasteiger partial charge on any atom is 0.0781 e. The molecule has 110 valence electrons. The Labute approximate surface area is 125 Å². The minimum Gasteiger partial charge on any atom is -0.309 e. The van der Waals surface area contributed by atoms with Crippen LogP contribution in [0.15, 0.2) is 47.8 Å². The van der Waals surface area contributed by atoms with Crippen LogP contribution in [0.2, 0.25) is 19.6 Å². The Morgan fingerprint density at radius 2 is 1.85 bits per heavy atom. The summed E-state index contributed by atoms with van der Waals surface area (Å²) >= 11 is 0. The molecule has 0 saturated carbocycles. The Morgan fingerprint density at radius 3 is 2.40 bits per heavy atom. The molecule has 0 aromatic heterocycles. The van der Waals surface area contributed by atoms with Crippen molar-refractivity contribution in [2.45, 2.75) is 52.5 Å². The highest BCUT2D eigenvalue weighted by Gasteiger charge is 2.12. The van der Waals surface area contributed by atoms with Crippen LogP contribution in [0.25, 0.3) is 0 Å². The highest BCUT2D eigenvalue weighted by molar-refractivity contribution is 6.80. The molecule has 20 heavy (non-hydrogen) atoms. The first kappa shape index (κ1) is 17.0. The third-order valence-corrected chi connectivity index (χ3v) is 4.39. The summed E-state index contributed by atoms with van der Waals surface area (Å²) in [6.45, 7) is 12.5. The van der Waals surface area contributed by atoms with E-state index in [4.69, 9.17) is 0 Å². The molecule has 1 rings (SSSR count). The van der Waals surface area contributed by atoms with Gasteiger partial charge in [-0.15, -0.1) is 5.73 Å². The van der Waals surface area contributed by atoms with Crippen LogP contribution in [0.5, 0.6) is 0 Å². The van der Waals surface area contributed by atoms with Crippen molar-refractivity contribution in [3.63, 3.8) is 0 Å². The van der Waals surface area contributed by atoms with Crippen molar-refractivity contribution >= 4 is 8.07 Å². The molecule has 0 heterocycles. The third kappa shape index (κ3) is 6.90. The molecule has 1 nitrogen and oxygen atoms in total. The molecule has 0 aliphatic rings. The van der Waals surface area contributed by atoms with Gasteiger partial charge in [0.2, 0.25) is 0 Å². The van der Waals surface area contributed by atoms with Crippen LogP contribution in [0, 0.1) is 5.92 Å². The topological polar surface area (TPSA) is 12.0 Å². The lowest BCUT2D eigenvalue weighted by Gasteiger charge is -2.21. The van der Waals surface area contributed by atoms with Crippen LogP contribution in [0.3, 0.4) is 0 Å². The van der Waals surface area contributed by atoms with Gasteiger partial charge in [0.25, 0.3) is 0 Å². The summed E-state index contributed by atoms with van der Waals surface area (Å²) in [5.41, 5.74) is 7.04. The Morgan fingerprint density at radius 1 is 1.20 bits per heavy atom. The standard InChI is InChI=1S/C18H29NSi/c1-6-18(16(2)11-10-14-20(3,4)5)19-15-17-12-8-7-9-13-17/h7-9,11-14,16,18-19H,6,15H2,1-5H3/t10?,16-,18-/m0/s1. The van der Waals surface area contributed by atoms with Crippen LogP contribution in [-0.4, -0.2) is 14.1 Å². The second-order valence-corrected chi connectivity index (χ2v) is 11.6. The number of rotatable bonds is 7. The van der Waals surface area contributed by atoms with E-state index in [9.17, 15) is 0 Å². The molecule has 1 aromatic carbocycles. The molecule has 0 bridgehead atoms. The minimum absolute atomic E-state index is 0.510.